The molecule has 0 saturated heterocycles. The first-order chi connectivity index (χ1) is 7.29. The highest BCUT2D eigenvalue weighted by Gasteiger charge is 2.29. The van der Waals surface area contributed by atoms with Crippen LogP contribution in [0.2, 0.25) is 0 Å². The van der Waals surface area contributed by atoms with E-state index in [1.54, 1.807) is 24.3 Å². The molecule has 3 rings (SSSR count). The lowest BCUT2D eigenvalue weighted by molar-refractivity contribution is 0.0907. The molecule has 0 saturated carbocycles. The van der Waals surface area contributed by atoms with Gasteiger partial charge in [0.1, 0.15) is 0 Å². The molecule has 4 heteroatoms. The van der Waals surface area contributed by atoms with Gasteiger partial charge in [-0.15, -0.1) is 0 Å². The molecule has 0 fully saturated rings. The van der Waals surface area contributed by atoms with Gasteiger partial charge in [0.15, 0.2) is 5.82 Å². The minimum atomic E-state index is -0.199. The maximum Gasteiger partial charge on any atom is 0.264 e. The van der Waals surface area contributed by atoms with Crippen molar-refractivity contribution in [3.63, 3.8) is 0 Å². The minimum Gasteiger partial charge on any atom is -0.285 e. The summed E-state index contributed by atoms with van der Waals surface area (Å²) in [5.41, 5.74) is 0.870. The number of carbonyl (C=O) groups is 2. The number of carbonyl (C=O) groups excluding carboxylic acids is 2. The van der Waals surface area contributed by atoms with Gasteiger partial charge < -0.3 is 0 Å². The van der Waals surface area contributed by atoms with E-state index in [9.17, 15) is 9.59 Å². The Kier molecular flexibility index (Phi) is 1.42. The summed E-state index contributed by atoms with van der Waals surface area (Å²) >= 11 is 0. The van der Waals surface area contributed by atoms with E-state index in [0.29, 0.717) is 11.1 Å². The zero-order valence-corrected chi connectivity index (χ0v) is 7.68. The van der Waals surface area contributed by atoms with Crippen molar-refractivity contribution in [2.45, 2.75) is 0 Å². The maximum absolute atomic E-state index is 11.9. The first kappa shape index (κ1) is 8.11. The highest BCUT2D eigenvalue weighted by atomic mass is 16.2. The molecule has 2 aromatic rings. The second-order valence-corrected chi connectivity index (χ2v) is 3.30. The van der Waals surface area contributed by atoms with Crippen LogP contribution in [0.25, 0.3) is 0 Å². The Hall–Kier alpha value is -2.23. The number of aromatic nitrogens is 2. The van der Waals surface area contributed by atoms with Crippen LogP contribution in [0.3, 0.4) is 0 Å². The monoisotopic (exact) mass is 198 g/mol. The third-order valence-corrected chi connectivity index (χ3v) is 2.46. The summed E-state index contributed by atoms with van der Waals surface area (Å²) in [6, 6.07) is 6.78. The minimum absolute atomic E-state index is 0.193. The summed E-state index contributed by atoms with van der Waals surface area (Å²) in [4.78, 5) is 27.6. The van der Waals surface area contributed by atoms with Crippen LogP contribution in [0.15, 0.2) is 36.7 Å². The van der Waals surface area contributed by atoms with Crippen molar-refractivity contribution in [1.82, 2.24) is 9.55 Å². The average Bonchev–Trinajstić information content (AvgIpc) is 2.75. The van der Waals surface area contributed by atoms with E-state index in [4.69, 9.17) is 0 Å². The van der Waals surface area contributed by atoms with E-state index in [1.165, 1.54) is 17.0 Å². The van der Waals surface area contributed by atoms with Crippen molar-refractivity contribution in [2.75, 3.05) is 0 Å². The molecule has 1 aromatic heterocycles. The topological polar surface area (TPSA) is 52.0 Å². The number of imidazole rings is 1. The van der Waals surface area contributed by atoms with Crippen molar-refractivity contribution in [2.24, 2.45) is 0 Å². The van der Waals surface area contributed by atoms with Crippen LogP contribution in [0.5, 0.6) is 0 Å². The molecule has 15 heavy (non-hydrogen) atoms. The number of rotatable bonds is 0. The van der Waals surface area contributed by atoms with Crippen LogP contribution >= 0.6 is 0 Å². The van der Waals surface area contributed by atoms with E-state index in [0.717, 1.165) is 0 Å². The van der Waals surface area contributed by atoms with Crippen LogP contribution < -0.4 is 0 Å². The first-order valence-electron chi connectivity index (χ1n) is 4.51. The molecule has 0 atom stereocenters. The fourth-order valence-electron chi connectivity index (χ4n) is 1.75. The Bertz CT molecular complexity index is 534. The molecule has 0 aliphatic carbocycles. The molecule has 0 N–H and O–H groups in total. The quantitative estimate of drug-likeness (QED) is 0.543. The van der Waals surface area contributed by atoms with Gasteiger partial charge in [-0.1, -0.05) is 18.2 Å². The number of nitrogens with zero attached hydrogens (tertiary/aromatic N) is 2. The molecule has 2 heterocycles. The van der Waals surface area contributed by atoms with E-state index in [2.05, 4.69) is 4.98 Å². The molecule has 72 valence electrons. The molecule has 0 spiro atoms. The third kappa shape index (κ3) is 0.929. The van der Waals surface area contributed by atoms with Crippen molar-refractivity contribution in [3.05, 3.63) is 53.6 Å². The van der Waals surface area contributed by atoms with E-state index >= 15 is 0 Å². The van der Waals surface area contributed by atoms with Crippen LogP contribution in [-0.2, 0) is 0 Å². The Balaban J connectivity index is 2.36. The molecule has 0 bridgehead atoms. The van der Waals surface area contributed by atoms with Gasteiger partial charge in [0.25, 0.3) is 5.91 Å². The molecule has 1 aliphatic heterocycles. The number of benzene rings is 1. The van der Waals surface area contributed by atoms with Crippen molar-refractivity contribution in [3.8, 4) is 0 Å². The molecule has 4 nitrogen and oxygen atoms in total. The molecule has 1 aromatic carbocycles. The van der Waals surface area contributed by atoms with Gasteiger partial charge in [0.2, 0.25) is 5.78 Å². The molecule has 0 radical (unpaired) electrons. The number of ketones is 1. The smallest absolute Gasteiger partial charge is 0.264 e. The molecule has 1 aliphatic rings. The van der Waals surface area contributed by atoms with Gasteiger partial charge in [-0.2, -0.15) is 0 Å². The Morgan fingerprint density at radius 2 is 1.80 bits per heavy atom. The van der Waals surface area contributed by atoms with Gasteiger partial charge in [-0.05, 0) is 6.07 Å². The van der Waals surface area contributed by atoms with Gasteiger partial charge in [-0.3, -0.25) is 14.2 Å². The number of fused-ring (bicyclic) bond motifs is 2. The number of hydrogen-bond donors (Lipinski definition) is 0. The highest BCUT2D eigenvalue weighted by Crippen LogP contribution is 2.20. The van der Waals surface area contributed by atoms with E-state index in [-0.39, 0.29) is 17.5 Å². The zero-order chi connectivity index (χ0) is 10.4. The van der Waals surface area contributed by atoms with Gasteiger partial charge in [0, 0.05) is 18.0 Å². The fraction of sp³-hybridized carbons (Fsp3) is 0. The second-order valence-electron chi connectivity index (χ2n) is 3.30. The lowest BCUT2D eigenvalue weighted by Gasteiger charge is -2.14. The normalized spacial score (nSPS) is 13.6. The SMILES string of the molecule is O=C1c2ccccc2C(=O)n2ccnc21. The lowest BCUT2D eigenvalue weighted by Crippen LogP contribution is -2.26. The Labute approximate surface area is 85.2 Å². The molecule has 0 amide bonds. The predicted molar refractivity (Wildman–Crippen MR) is 51.8 cm³/mol. The van der Waals surface area contributed by atoms with Crippen molar-refractivity contribution >= 4 is 11.7 Å². The fourth-order valence-corrected chi connectivity index (χ4v) is 1.75. The standard InChI is InChI=1S/C11H6N2O2/c14-9-7-3-1-2-4-8(7)11(15)13-6-5-12-10(9)13/h1-6H. The summed E-state index contributed by atoms with van der Waals surface area (Å²) < 4.78 is 1.28. The molecular weight excluding hydrogens is 192 g/mol. The van der Waals surface area contributed by atoms with Crippen LogP contribution in [0.4, 0.5) is 0 Å². The van der Waals surface area contributed by atoms with Crippen LogP contribution in [0, 0.1) is 0 Å². The van der Waals surface area contributed by atoms with Crippen LogP contribution in [-0.4, -0.2) is 21.2 Å². The second kappa shape index (κ2) is 2.63. The largest absolute Gasteiger partial charge is 0.285 e. The summed E-state index contributed by atoms with van der Waals surface area (Å²) in [7, 11) is 0. The van der Waals surface area contributed by atoms with Gasteiger partial charge >= 0.3 is 0 Å². The van der Waals surface area contributed by atoms with E-state index < -0.39 is 0 Å². The number of hydrogen-bond acceptors (Lipinski definition) is 3. The van der Waals surface area contributed by atoms with Gasteiger partial charge in [0.05, 0.1) is 5.56 Å². The van der Waals surface area contributed by atoms with Crippen molar-refractivity contribution < 1.29 is 9.59 Å². The Morgan fingerprint density at radius 3 is 2.60 bits per heavy atom. The zero-order valence-electron chi connectivity index (χ0n) is 7.68. The lowest BCUT2D eigenvalue weighted by atomic mass is 9.99. The summed E-state index contributed by atoms with van der Waals surface area (Å²) in [6.45, 7) is 0. The van der Waals surface area contributed by atoms with Gasteiger partial charge in [-0.25, -0.2) is 4.98 Å². The Morgan fingerprint density at radius 1 is 1.07 bits per heavy atom. The predicted octanol–water partition coefficient (Wildman–Crippen LogP) is 1.12. The summed E-state index contributed by atoms with van der Waals surface area (Å²) in [6.07, 6.45) is 2.96. The average molecular weight is 198 g/mol. The van der Waals surface area contributed by atoms with Crippen molar-refractivity contribution in [1.29, 1.82) is 0 Å². The highest BCUT2D eigenvalue weighted by molar-refractivity contribution is 6.19. The third-order valence-electron chi connectivity index (χ3n) is 2.46. The first-order valence-corrected chi connectivity index (χ1v) is 4.51. The maximum atomic E-state index is 11.9. The van der Waals surface area contributed by atoms with E-state index in [1.807, 2.05) is 0 Å². The van der Waals surface area contributed by atoms with Crippen LogP contribution in [0.1, 0.15) is 26.5 Å². The molecule has 0 unspecified atom stereocenters. The molecular formula is C11H6N2O2. The summed E-state index contributed by atoms with van der Waals surface area (Å²) in [5.74, 6) is -0.202. The summed E-state index contributed by atoms with van der Waals surface area (Å²) in [5, 5.41) is 0.